The van der Waals surface area contributed by atoms with Gasteiger partial charge in [-0.1, -0.05) is 51.1 Å². The first-order chi connectivity index (χ1) is 10.2. The van der Waals surface area contributed by atoms with Gasteiger partial charge in [0.2, 0.25) is 10.0 Å². The van der Waals surface area contributed by atoms with E-state index in [1.165, 1.54) is 0 Å². The van der Waals surface area contributed by atoms with Crippen LogP contribution in [0.3, 0.4) is 0 Å². The zero-order valence-electron chi connectivity index (χ0n) is 13.1. The van der Waals surface area contributed by atoms with Gasteiger partial charge >= 0.3 is 0 Å². The second-order valence-corrected chi connectivity index (χ2v) is 8.46. The van der Waals surface area contributed by atoms with Crippen LogP contribution in [0.2, 0.25) is 0 Å². The van der Waals surface area contributed by atoms with E-state index >= 15 is 0 Å². The van der Waals surface area contributed by atoms with E-state index < -0.39 is 15.9 Å². The lowest BCUT2D eigenvalue weighted by Crippen LogP contribution is -2.33. The summed E-state index contributed by atoms with van der Waals surface area (Å²) in [5.74, 6) is -0.643. The summed E-state index contributed by atoms with van der Waals surface area (Å²) in [4.78, 5) is 12.1. The van der Waals surface area contributed by atoms with Crippen molar-refractivity contribution in [3.05, 3.63) is 48.0 Å². The van der Waals surface area contributed by atoms with E-state index in [-0.39, 0.29) is 11.2 Å². The Kier molecular flexibility index (Phi) is 4.56. The van der Waals surface area contributed by atoms with Crippen LogP contribution < -0.4 is 4.72 Å². The van der Waals surface area contributed by atoms with E-state index in [4.69, 9.17) is 0 Å². The van der Waals surface area contributed by atoms with Crippen LogP contribution >= 0.6 is 0 Å². The van der Waals surface area contributed by atoms with Crippen molar-refractivity contribution in [2.75, 3.05) is 5.75 Å². The van der Waals surface area contributed by atoms with Crippen molar-refractivity contribution in [1.82, 2.24) is 4.72 Å². The SMILES string of the molecule is CC(C)(C)CCS(=O)(=O)NC(=O)c1ccc2ccccc2c1. The summed E-state index contributed by atoms with van der Waals surface area (Å²) in [5, 5.41) is 1.91. The minimum Gasteiger partial charge on any atom is -0.268 e. The number of benzene rings is 2. The first-order valence-corrected chi connectivity index (χ1v) is 8.85. The van der Waals surface area contributed by atoms with E-state index in [1.807, 2.05) is 51.1 Å². The highest BCUT2D eigenvalue weighted by molar-refractivity contribution is 7.90. The molecule has 2 aromatic rings. The van der Waals surface area contributed by atoms with E-state index in [2.05, 4.69) is 4.72 Å². The molecule has 22 heavy (non-hydrogen) atoms. The number of nitrogens with one attached hydrogen (secondary N) is 1. The third-order valence-corrected chi connectivity index (χ3v) is 4.62. The third-order valence-electron chi connectivity index (χ3n) is 3.38. The van der Waals surface area contributed by atoms with Crippen LogP contribution in [0, 0.1) is 5.41 Å². The van der Waals surface area contributed by atoms with Crippen LogP contribution in [0.15, 0.2) is 42.5 Å². The average molecular weight is 319 g/mol. The molecule has 0 atom stereocenters. The molecule has 0 heterocycles. The maximum absolute atomic E-state index is 12.1. The van der Waals surface area contributed by atoms with Crippen molar-refractivity contribution in [3.8, 4) is 0 Å². The van der Waals surface area contributed by atoms with Gasteiger partial charge in [0, 0.05) is 5.56 Å². The lowest BCUT2D eigenvalue weighted by Gasteiger charge is -2.17. The number of sulfonamides is 1. The highest BCUT2D eigenvalue weighted by Crippen LogP contribution is 2.19. The first kappa shape index (κ1) is 16.5. The molecule has 2 rings (SSSR count). The number of fused-ring (bicyclic) bond motifs is 1. The van der Waals surface area contributed by atoms with E-state index in [9.17, 15) is 13.2 Å². The van der Waals surface area contributed by atoms with Crippen LogP contribution in [-0.4, -0.2) is 20.1 Å². The molecule has 0 fully saturated rings. The number of carbonyl (C=O) groups is 1. The lowest BCUT2D eigenvalue weighted by atomic mass is 9.94. The van der Waals surface area contributed by atoms with Gasteiger partial charge in [-0.15, -0.1) is 0 Å². The van der Waals surface area contributed by atoms with Crippen molar-refractivity contribution in [2.45, 2.75) is 27.2 Å². The van der Waals surface area contributed by atoms with E-state index in [0.717, 1.165) is 10.8 Å². The molecule has 2 aromatic carbocycles. The Morgan fingerprint density at radius 1 is 1.05 bits per heavy atom. The normalized spacial score (nSPS) is 12.3. The van der Waals surface area contributed by atoms with E-state index in [0.29, 0.717) is 12.0 Å². The molecule has 5 heteroatoms. The van der Waals surface area contributed by atoms with Gasteiger partial charge < -0.3 is 0 Å². The fraction of sp³-hybridized carbons (Fsp3) is 0.353. The van der Waals surface area contributed by atoms with Gasteiger partial charge in [0.05, 0.1) is 5.75 Å². The minimum atomic E-state index is -3.61. The molecule has 0 spiro atoms. The minimum absolute atomic E-state index is 0.0597. The van der Waals surface area contributed by atoms with Crippen molar-refractivity contribution < 1.29 is 13.2 Å². The number of hydrogen-bond acceptors (Lipinski definition) is 3. The van der Waals surface area contributed by atoms with Crippen molar-refractivity contribution in [3.63, 3.8) is 0 Å². The molecule has 1 amide bonds. The van der Waals surface area contributed by atoms with Crippen molar-refractivity contribution in [2.24, 2.45) is 5.41 Å². The molecule has 0 bridgehead atoms. The highest BCUT2D eigenvalue weighted by Gasteiger charge is 2.20. The Morgan fingerprint density at radius 2 is 1.68 bits per heavy atom. The second-order valence-electron chi connectivity index (χ2n) is 6.62. The van der Waals surface area contributed by atoms with Gasteiger partial charge in [0.1, 0.15) is 0 Å². The molecule has 118 valence electrons. The number of rotatable bonds is 4. The molecular formula is C17H21NO3S. The molecular weight excluding hydrogens is 298 g/mol. The molecule has 0 unspecified atom stereocenters. The predicted octanol–water partition coefficient (Wildman–Crippen LogP) is 3.34. The van der Waals surface area contributed by atoms with E-state index in [1.54, 1.807) is 12.1 Å². The van der Waals surface area contributed by atoms with Gasteiger partial charge in [-0.3, -0.25) is 4.79 Å². The maximum Gasteiger partial charge on any atom is 0.264 e. The number of amides is 1. The summed E-state index contributed by atoms with van der Waals surface area (Å²) in [7, 11) is -3.61. The summed E-state index contributed by atoms with van der Waals surface area (Å²) in [5.41, 5.74) is 0.249. The van der Waals surface area contributed by atoms with Gasteiger partial charge in [0.15, 0.2) is 0 Å². The Labute approximate surface area is 131 Å². The van der Waals surface area contributed by atoms with Gasteiger partial charge in [-0.25, -0.2) is 13.1 Å². The Bertz CT molecular complexity index is 789. The fourth-order valence-corrected chi connectivity index (χ4v) is 3.41. The van der Waals surface area contributed by atoms with Crippen LogP contribution in [0.5, 0.6) is 0 Å². The molecule has 0 aromatic heterocycles. The largest absolute Gasteiger partial charge is 0.268 e. The summed E-state index contributed by atoms with van der Waals surface area (Å²) in [6.45, 7) is 5.90. The molecule has 0 radical (unpaired) electrons. The number of carbonyl (C=O) groups excluding carboxylic acids is 1. The van der Waals surface area contributed by atoms with Crippen LogP contribution in [0.25, 0.3) is 10.8 Å². The van der Waals surface area contributed by atoms with Crippen molar-refractivity contribution in [1.29, 1.82) is 0 Å². The third kappa shape index (κ3) is 4.56. The molecule has 0 saturated heterocycles. The Morgan fingerprint density at radius 3 is 2.32 bits per heavy atom. The monoisotopic (exact) mass is 319 g/mol. The molecule has 4 nitrogen and oxygen atoms in total. The standard InChI is InChI=1S/C17H21NO3S/c1-17(2,3)10-11-22(20,21)18-16(19)15-9-8-13-6-4-5-7-14(13)12-15/h4-9,12H,10-11H2,1-3H3,(H,18,19). The van der Waals surface area contributed by atoms with Crippen molar-refractivity contribution >= 4 is 26.7 Å². The molecule has 0 aliphatic carbocycles. The van der Waals surface area contributed by atoms with Gasteiger partial charge in [-0.2, -0.15) is 0 Å². The highest BCUT2D eigenvalue weighted by atomic mass is 32.2. The predicted molar refractivity (Wildman–Crippen MR) is 89.3 cm³/mol. The van der Waals surface area contributed by atoms with Crippen LogP contribution in [0.1, 0.15) is 37.6 Å². The molecule has 0 aliphatic heterocycles. The van der Waals surface area contributed by atoms with Crippen LogP contribution in [-0.2, 0) is 10.0 Å². The Hall–Kier alpha value is -1.88. The number of hydrogen-bond donors (Lipinski definition) is 1. The summed E-state index contributed by atoms with van der Waals surface area (Å²) in [6.07, 6.45) is 0.493. The summed E-state index contributed by atoms with van der Waals surface area (Å²) in [6, 6.07) is 12.8. The topological polar surface area (TPSA) is 63.2 Å². The zero-order chi connectivity index (χ0) is 16.4. The molecule has 0 aliphatic rings. The second kappa shape index (κ2) is 6.08. The summed E-state index contributed by atoms with van der Waals surface area (Å²) >= 11 is 0. The fourth-order valence-electron chi connectivity index (χ4n) is 2.02. The molecule has 0 saturated carbocycles. The lowest BCUT2D eigenvalue weighted by molar-refractivity contribution is 0.0981. The van der Waals surface area contributed by atoms with Gasteiger partial charge in [0.25, 0.3) is 5.91 Å². The maximum atomic E-state index is 12.1. The molecule has 1 N–H and O–H groups in total. The van der Waals surface area contributed by atoms with Crippen LogP contribution in [0.4, 0.5) is 0 Å². The average Bonchev–Trinajstić information content (AvgIpc) is 2.44. The Balaban J connectivity index is 2.13. The zero-order valence-corrected chi connectivity index (χ0v) is 13.9. The first-order valence-electron chi connectivity index (χ1n) is 7.20. The quantitative estimate of drug-likeness (QED) is 0.940. The van der Waals surface area contributed by atoms with Gasteiger partial charge in [-0.05, 0) is 34.7 Å². The smallest absolute Gasteiger partial charge is 0.264 e. The summed E-state index contributed by atoms with van der Waals surface area (Å²) < 4.78 is 26.1.